The van der Waals surface area contributed by atoms with Crippen molar-refractivity contribution >= 4 is 12.8 Å². The van der Waals surface area contributed by atoms with Gasteiger partial charge in [-0.2, -0.15) is 0 Å². The van der Waals surface area contributed by atoms with Gasteiger partial charge in [0, 0.05) is 5.56 Å². The van der Waals surface area contributed by atoms with Crippen LogP contribution in [0.4, 0.5) is 12.9 Å². The molecule has 0 fully saturated rings. The quantitative estimate of drug-likeness (QED) is 0.708. The van der Waals surface area contributed by atoms with Gasteiger partial charge in [-0.3, -0.25) is 4.79 Å². The van der Waals surface area contributed by atoms with Crippen molar-refractivity contribution < 1.29 is 17.7 Å². The van der Waals surface area contributed by atoms with E-state index in [-0.39, 0.29) is 5.78 Å². The molecule has 86 valence electrons. The standard InChI is InChI=1S/C11H11BF3O/c13-12(14,15)7-9-6-5-8-3-1-2-4-10(8)11(9)16/h1-4,9H,5-7H2/q-1. The summed E-state index contributed by atoms with van der Waals surface area (Å²) in [6.07, 6.45) is -0.0526. The molecule has 0 saturated carbocycles. The minimum Gasteiger partial charge on any atom is -0.449 e. The maximum absolute atomic E-state index is 12.3. The Bertz CT molecular complexity index is 414. The van der Waals surface area contributed by atoms with Crippen LogP contribution < -0.4 is 0 Å². The second kappa shape index (κ2) is 3.96. The first kappa shape index (κ1) is 11.2. The van der Waals surface area contributed by atoms with Gasteiger partial charge in [0.1, 0.15) is 0 Å². The Kier molecular flexibility index (Phi) is 2.78. The van der Waals surface area contributed by atoms with Gasteiger partial charge in [-0.25, -0.2) is 0 Å². The Hall–Kier alpha value is -1.26. The molecule has 1 atom stereocenters. The largest absolute Gasteiger partial charge is 0.479 e. The highest BCUT2D eigenvalue weighted by molar-refractivity contribution is 6.58. The molecular formula is C11H11BF3O-. The first-order valence-corrected chi connectivity index (χ1v) is 5.30. The fraction of sp³-hybridized carbons (Fsp3) is 0.364. The molecule has 0 heterocycles. The van der Waals surface area contributed by atoms with E-state index in [9.17, 15) is 17.7 Å². The third kappa shape index (κ3) is 2.28. The Morgan fingerprint density at radius 2 is 1.94 bits per heavy atom. The first-order valence-electron chi connectivity index (χ1n) is 5.30. The second-order valence-electron chi connectivity index (χ2n) is 4.20. The molecule has 0 spiro atoms. The highest BCUT2D eigenvalue weighted by atomic mass is 19.4. The monoisotopic (exact) mass is 227 g/mol. The molecule has 16 heavy (non-hydrogen) atoms. The van der Waals surface area contributed by atoms with Crippen molar-refractivity contribution in [2.75, 3.05) is 0 Å². The molecule has 1 aromatic rings. The molecule has 1 nitrogen and oxygen atoms in total. The predicted molar refractivity (Wildman–Crippen MR) is 56.5 cm³/mol. The van der Waals surface area contributed by atoms with Gasteiger partial charge in [0.25, 0.3) is 0 Å². The summed E-state index contributed by atoms with van der Waals surface area (Å²) >= 11 is 0. The highest BCUT2D eigenvalue weighted by Crippen LogP contribution is 2.32. The number of fused-ring (bicyclic) bond motifs is 1. The van der Waals surface area contributed by atoms with Gasteiger partial charge in [0.2, 0.25) is 0 Å². The summed E-state index contributed by atoms with van der Waals surface area (Å²) in [4.78, 5) is 11.8. The van der Waals surface area contributed by atoms with E-state index in [2.05, 4.69) is 0 Å². The Morgan fingerprint density at radius 1 is 1.25 bits per heavy atom. The zero-order chi connectivity index (χ0) is 11.8. The van der Waals surface area contributed by atoms with E-state index < -0.39 is 19.2 Å². The van der Waals surface area contributed by atoms with Gasteiger partial charge in [-0.1, -0.05) is 30.6 Å². The van der Waals surface area contributed by atoms with E-state index in [1.807, 2.05) is 6.07 Å². The van der Waals surface area contributed by atoms with Crippen molar-refractivity contribution in [3.63, 3.8) is 0 Å². The normalized spacial score (nSPS) is 20.7. The average Bonchev–Trinajstić information content (AvgIpc) is 2.21. The van der Waals surface area contributed by atoms with Crippen LogP contribution >= 0.6 is 0 Å². The molecule has 0 radical (unpaired) electrons. The molecular weight excluding hydrogens is 216 g/mol. The van der Waals surface area contributed by atoms with Crippen molar-refractivity contribution in [1.29, 1.82) is 0 Å². The van der Waals surface area contributed by atoms with E-state index in [1.54, 1.807) is 18.2 Å². The van der Waals surface area contributed by atoms with E-state index in [0.717, 1.165) is 5.56 Å². The molecule has 1 aliphatic carbocycles. The Balaban J connectivity index is 2.22. The van der Waals surface area contributed by atoms with Crippen LogP contribution in [0.1, 0.15) is 22.3 Å². The molecule has 1 unspecified atom stereocenters. The third-order valence-electron chi connectivity index (χ3n) is 2.97. The molecule has 0 aliphatic heterocycles. The smallest absolute Gasteiger partial charge is 0.449 e. The van der Waals surface area contributed by atoms with E-state index in [0.29, 0.717) is 18.4 Å². The number of halogens is 3. The van der Waals surface area contributed by atoms with Gasteiger partial charge >= 0.3 is 6.98 Å². The molecule has 0 N–H and O–H groups in total. The summed E-state index contributed by atoms with van der Waals surface area (Å²) < 4.78 is 36.9. The van der Waals surface area contributed by atoms with Crippen LogP contribution in [0, 0.1) is 5.92 Å². The van der Waals surface area contributed by atoms with E-state index in [1.165, 1.54) is 0 Å². The minimum absolute atomic E-state index is 0.317. The Labute approximate surface area is 91.7 Å². The molecule has 1 aromatic carbocycles. The van der Waals surface area contributed by atoms with Crippen molar-refractivity contribution in [3.8, 4) is 0 Å². The lowest BCUT2D eigenvalue weighted by molar-refractivity contribution is 0.0907. The number of carbonyl (C=O) groups excluding carboxylic acids is 1. The van der Waals surface area contributed by atoms with Gasteiger partial charge in [-0.05, 0) is 24.3 Å². The lowest BCUT2D eigenvalue weighted by atomic mass is 9.70. The molecule has 0 bridgehead atoms. The van der Waals surface area contributed by atoms with Crippen molar-refractivity contribution in [3.05, 3.63) is 35.4 Å². The van der Waals surface area contributed by atoms with Crippen LogP contribution in [0.3, 0.4) is 0 Å². The Morgan fingerprint density at radius 3 is 2.62 bits per heavy atom. The zero-order valence-corrected chi connectivity index (χ0v) is 8.63. The molecule has 0 amide bonds. The lowest BCUT2D eigenvalue weighted by Crippen LogP contribution is -2.29. The predicted octanol–water partition coefficient (Wildman–Crippen LogP) is 3.28. The molecule has 5 heteroatoms. The van der Waals surface area contributed by atoms with Crippen molar-refractivity contribution in [2.45, 2.75) is 19.2 Å². The minimum atomic E-state index is -4.87. The zero-order valence-electron chi connectivity index (χ0n) is 8.63. The number of Topliss-reactive ketones (excluding diaryl/α,β-unsaturated/α-hetero) is 1. The first-order chi connectivity index (χ1) is 7.47. The number of aryl methyl sites for hydroxylation is 1. The fourth-order valence-electron chi connectivity index (χ4n) is 2.21. The van der Waals surface area contributed by atoms with Gasteiger partial charge in [-0.15, -0.1) is 0 Å². The molecule has 2 rings (SSSR count). The van der Waals surface area contributed by atoms with Gasteiger partial charge in [0.15, 0.2) is 5.78 Å². The van der Waals surface area contributed by atoms with Crippen molar-refractivity contribution in [1.82, 2.24) is 0 Å². The molecule has 0 saturated heterocycles. The van der Waals surface area contributed by atoms with Gasteiger partial charge < -0.3 is 12.9 Å². The number of hydrogen-bond donors (Lipinski definition) is 0. The van der Waals surface area contributed by atoms with E-state index in [4.69, 9.17) is 0 Å². The summed E-state index contributed by atoms with van der Waals surface area (Å²) in [5, 5.41) is 0. The maximum atomic E-state index is 12.3. The number of carbonyl (C=O) groups is 1. The summed E-state index contributed by atoms with van der Waals surface area (Å²) in [5.41, 5.74) is 1.34. The SMILES string of the molecule is O=C1c2ccccc2CCC1C[B-](F)(F)F. The fourth-order valence-corrected chi connectivity index (χ4v) is 2.21. The summed E-state index contributed by atoms with van der Waals surface area (Å²) in [5.74, 6) is -1.21. The summed E-state index contributed by atoms with van der Waals surface area (Å²) in [6.45, 7) is -4.87. The van der Waals surface area contributed by atoms with Crippen LogP contribution in [-0.4, -0.2) is 12.8 Å². The van der Waals surface area contributed by atoms with Crippen LogP contribution in [0.25, 0.3) is 0 Å². The number of rotatable bonds is 2. The van der Waals surface area contributed by atoms with Crippen LogP contribution in [0.15, 0.2) is 24.3 Å². The second-order valence-corrected chi connectivity index (χ2v) is 4.20. The molecule has 1 aliphatic rings. The van der Waals surface area contributed by atoms with Crippen LogP contribution in [-0.2, 0) is 6.42 Å². The average molecular weight is 227 g/mol. The lowest BCUT2D eigenvalue weighted by Gasteiger charge is -2.27. The number of ketones is 1. The third-order valence-corrected chi connectivity index (χ3v) is 2.97. The van der Waals surface area contributed by atoms with Crippen LogP contribution in [0.5, 0.6) is 0 Å². The van der Waals surface area contributed by atoms with Gasteiger partial charge in [0.05, 0.1) is 0 Å². The maximum Gasteiger partial charge on any atom is 0.479 e. The summed E-state index contributed by atoms with van der Waals surface area (Å²) in [6, 6.07) is 6.92. The summed E-state index contributed by atoms with van der Waals surface area (Å²) in [7, 11) is 0. The van der Waals surface area contributed by atoms with E-state index >= 15 is 0 Å². The van der Waals surface area contributed by atoms with Crippen molar-refractivity contribution in [2.24, 2.45) is 5.92 Å². The number of benzene rings is 1. The topological polar surface area (TPSA) is 17.1 Å². The van der Waals surface area contributed by atoms with Crippen LogP contribution in [0.2, 0.25) is 6.32 Å². The number of hydrogen-bond acceptors (Lipinski definition) is 1. The molecule has 0 aromatic heterocycles. The highest BCUT2D eigenvalue weighted by Gasteiger charge is 2.34.